The summed E-state index contributed by atoms with van der Waals surface area (Å²) in [5.74, 6) is 0.453. The molecule has 0 radical (unpaired) electrons. The van der Waals surface area contributed by atoms with Crippen LogP contribution in [0.3, 0.4) is 0 Å². The maximum absolute atomic E-state index is 12.8. The van der Waals surface area contributed by atoms with E-state index < -0.39 is 0 Å². The summed E-state index contributed by atoms with van der Waals surface area (Å²) >= 11 is 7.85. The fraction of sp³-hybridized carbons (Fsp3) is 0.238. The molecule has 3 rings (SSSR count). The van der Waals surface area contributed by atoms with E-state index in [2.05, 4.69) is 17.2 Å². The zero-order valence-electron chi connectivity index (χ0n) is 15.3. The van der Waals surface area contributed by atoms with E-state index in [0.717, 1.165) is 35.3 Å². The average Bonchev–Trinajstić information content (AvgIpc) is 3.21. The average molecular weight is 401 g/mol. The molecular weight excluding hydrogens is 380 g/mol. The predicted molar refractivity (Wildman–Crippen MR) is 111 cm³/mol. The highest BCUT2D eigenvalue weighted by Crippen LogP contribution is 2.30. The molecule has 27 heavy (non-hydrogen) atoms. The Kier molecular flexibility index (Phi) is 6.48. The number of nitrogens with zero attached hydrogens (tertiary/aromatic N) is 1. The van der Waals surface area contributed by atoms with Gasteiger partial charge in [-0.1, -0.05) is 37.6 Å². The van der Waals surface area contributed by atoms with Gasteiger partial charge in [0.1, 0.15) is 12.4 Å². The van der Waals surface area contributed by atoms with Crippen molar-refractivity contribution in [3.05, 3.63) is 74.7 Å². The van der Waals surface area contributed by atoms with Gasteiger partial charge in [-0.15, -0.1) is 11.3 Å². The van der Waals surface area contributed by atoms with Crippen LogP contribution in [0.15, 0.2) is 47.3 Å². The number of rotatable bonds is 7. The van der Waals surface area contributed by atoms with E-state index in [1.165, 1.54) is 11.3 Å². The molecule has 1 amide bonds. The van der Waals surface area contributed by atoms with E-state index in [-0.39, 0.29) is 5.91 Å². The van der Waals surface area contributed by atoms with Gasteiger partial charge < -0.3 is 10.1 Å². The molecule has 0 atom stereocenters. The van der Waals surface area contributed by atoms with Crippen molar-refractivity contribution < 1.29 is 9.53 Å². The van der Waals surface area contributed by atoms with Crippen LogP contribution in [0, 0.1) is 0 Å². The molecule has 1 aromatic heterocycles. The second-order valence-electron chi connectivity index (χ2n) is 6.02. The molecule has 1 N–H and O–H groups in total. The van der Waals surface area contributed by atoms with Crippen molar-refractivity contribution in [3.63, 3.8) is 0 Å². The molecule has 2 aromatic carbocycles. The number of benzene rings is 2. The quantitative estimate of drug-likeness (QED) is 0.549. The van der Waals surface area contributed by atoms with E-state index in [4.69, 9.17) is 16.3 Å². The molecule has 0 aliphatic rings. The van der Waals surface area contributed by atoms with Crippen LogP contribution in [0.25, 0.3) is 0 Å². The van der Waals surface area contributed by atoms with Gasteiger partial charge in [0.2, 0.25) is 0 Å². The minimum Gasteiger partial charge on any atom is -0.487 e. The van der Waals surface area contributed by atoms with Crippen molar-refractivity contribution in [3.8, 4) is 5.75 Å². The first-order chi connectivity index (χ1) is 13.1. The number of amides is 1. The van der Waals surface area contributed by atoms with Crippen LogP contribution < -0.4 is 10.1 Å². The molecular formula is C21H21ClN2O2S. The van der Waals surface area contributed by atoms with Gasteiger partial charge >= 0.3 is 0 Å². The van der Waals surface area contributed by atoms with Crippen molar-refractivity contribution in [1.29, 1.82) is 0 Å². The molecule has 6 heteroatoms. The first-order valence-electron chi connectivity index (χ1n) is 8.83. The van der Waals surface area contributed by atoms with Crippen molar-refractivity contribution in [2.45, 2.75) is 33.3 Å². The maximum atomic E-state index is 12.8. The summed E-state index contributed by atoms with van der Waals surface area (Å²) < 4.78 is 5.74. The maximum Gasteiger partial charge on any atom is 0.255 e. The number of halogens is 1. The van der Waals surface area contributed by atoms with Crippen LogP contribution in [-0.4, -0.2) is 10.9 Å². The SMILES string of the molecule is CCc1ccc(Cl)c(CC)c1NC(=O)c1cccc(OCc2cscn2)c1. The Hall–Kier alpha value is -2.37. The molecule has 0 spiro atoms. The Morgan fingerprint density at radius 2 is 2.07 bits per heavy atom. The van der Waals surface area contributed by atoms with E-state index in [1.54, 1.807) is 17.6 Å². The standard InChI is InChI=1S/C21H21ClN2O2S/c1-3-14-8-9-19(22)18(4-2)20(14)24-21(25)15-6-5-7-17(10-15)26-11-16-12-27-13-23-16/h5-10,12-13H,3-4,11H2,1-2H3,(H,24,25). The topological polar surface area (TPSA) is 51.2 Å². The largest absolute Gasteiger partial charge is 0.487 e. The molecule has 3 aromatic rings. The van der Waals surface area contributed by atoms with Crippen molar-refractivity contribution in [2.24, 2.45) is 0 Å². The lowest BCUT2D eigenvalue weighted by Crippen LogP contribution is -2.15. The van der Waals surface area contributed by atoms with Crippen LogP contribution in [0.2, 0.25) is 5.02 Å². The monoisotopic (exact) mass is 400 g/mol. The second-order valence-corrected chi connectivity index (χ2v) is 7.14. The third-order valence-electron chi connectivity index (χ3n) is 4.28. The number of ether oxygens (including phenoxy) is 1. The Balaban J connectivity index is 1.79. The van der Waals surface area contributed by atoms with E-state index in [0.29, 0.717) is 22.9 Å². The summed E-state index contributed by atoms with van der Waals surface area (Å²) in [5, 5.41) is 5.66. The molecule has 0 saturated heterocycles. The second kappa shape index (κ2) is 9.02. The Morgan fingerprint density at radius 1 is 1.22 bits per heavy atom. The first-order valence-corrected chi connectivity index (χ1v) is 10.2. The number of aromatic nitrogens is 1. The highest BCUT2D eigenvalue weighted by atomic mass is 35.5. The van der Waals surface area contributed by atoms with Gasteiger partial charge in [-0.2, -0.15) is 0 Å². The molecule has 0 saturated carbocycles. The smallest absolute Gasteiger partial charge is 0.255 e. The molecule has 1 heterocycles. The number of hydrogen-bond donors (Lipinski definition) is 1. The van der Waals surface area contributed by atoms with Crippen LogP contribution >= 0.6 is 22.9 Å². The number of carbonyl (C=O) groups excluding carboxylic acids is 1. The van der Waals surface area contributed by atoms with E-state index >= 15 is 0 Å². The fourth-order valence-electron chi connectivity index (χ4n) is 2.85. The normalized spacial score (nSPS) is 10.6. The lowest BCUT2D eigenvalue weighted by atomic mass is 10.0. The van der Waals surface area contributed by atoms with Gasteiger partial charge in [0.15, 0.2) is 0 Å². The van der Waals surface area contributed by atoms with Gasteiger partial charge in [0, 0.05) is 21.7 Å². The zero-order chi connectivity index (χ0) is 19.2. The molecule has 0 unspecified atom stereocenters. The Bertz CT molecular complexity index is 926. The summed E-state index contributed by atoms with van der Waals surface area (Å²) in [6, 6.07) is 11.0. The summed E-state index contributed by atoms with van der Waals surface area (Å²) in [5.41, 5.74) is 6.01. The number of nitrogens with one attached hydrogen (secondary N) is 1. The first kappa shape index (κ1) is 19.4. The number of anilines is 1. The summed E-state index contributed by atoms with van der Waals surface area (Å²) in [7, 11) is 0. The summed E-state index contributed by atoms with van der Waals surface area (Å²) in [4.78, 5) is 17.0. The minimum absolute atomic E-state index is 0.180. The third-order valence-corrected chi connectivity index (χ3v) is 5.27. The molecule has 0 bridgehead atoms. The molecule has 0 aliphatic carbocycles. The molecule has 0 fully saturated rings. The van der Waals surface area contributed by atoms with Gasteiger partial charge in [0.05, 0.1) is 11.2 Å². The molecule has 4 nitrogen and oxygen atoms in total. The predicted octanol–water partition coefficient (Wildman–Crippen LogP) is 5.75. The van der Waals surface area contributed by atoms with Crippen molar-refractivity contribution in [1.82, 2.24) is 4.98 Å². The van der Waals surface area contributed by atoms with Gasteiger partial charge in [-0.3, -0.25) is 4.79 Å². The van der Waals surface area contributed by atoms with Crippen LogP contribution in [-0.2, 0) is 19.4 Å². The lowest BCUT2D eigenvalue weighted by Gasteiger charge is -2.16. The lowest BCUT2D eigenvalue weighted by molar-refractivity contribution is 0.102. The van der Waals surface area contributed by atoms with E-state index in [9.17, 15) is 4.79 Å². The highest BCUT2D eigenvalue weighted by molar-refractivity contribution is 7.07. The third kappa shape index (κ3) is 4.67. The number of hydrogen-bond acceptors (Lipinski definition) is 4. The number of thiazole rings is 1. The Morgan fingerprint density at radius 3 is 2.78 bits per heavy atom. The highest BCUT2D eigenvalue weighted by Gasteiger charge is 2.15. The number of carbonyl (C=O) groups is 1. The van der Waals surface area contributed by atoms with Gasteiger partial charge in [-0.25, -0.2) is 4.98 Å². The van der Waals surface area contributed by atoms with Crippen molar-refractivity contribution in [2.75, 3.05) is 5.32 Å². The minimum atomic E-state index is -0.180. The van der Waals surface area contributed by atoms with Crippen LogP contribution in [0.1, 0.15) is 41.0 Å². The summed E-state index contributed by atoms with van der Waals surface area (Å²) in [6.45, 7) is 4.47. The fourth-order valence-corrected chi connectivity index (χ4v) is 3.68. The Labute approximate surface area is 168 Å². The van der Waals surface area contributed by atoms with Crippen LogP contribution in [0.4, 0.5) is 5.69 Å². The molecule has 140 valence electrons. The zero-order valence-corrected chi connectivity index (χ0v) is 16.9. The van der Waals surface area contributed by atoms with E-state index in [1.807, 2.05) is 36.6 Å². The van der Waals surface area contributed by atoms with Crippen LogP contribution in [0.5, 0.6) is 5.75 Å². The molecule has 0 aliphatic heterocycles. The van der Waals surface area contributed by atoms with Crippen molar-refractivity contribution >= 4 is 34.5 Å². The van der Waals surface area contributed by atoms with Gasteiger partial charge in [-0.05, 0) is 48.2 Å². The summed E-state index contributed by atoms with van der Waals surface area (Å²) in [6.07, 6.45) is 1.57. The van der Waals surface area contributed by atoms with Gasteiger partial charge in [0.25, 0.3) is 5.91 Å². The number of aryl methyl sites for hydroxylation is 1.